The van der Waals surface area contributed by atoms with Crippen LogP contribution in [0.25, 0.3) is 0 Å². The first-order chi connectivity index (χ1) is 8.11. The van der Waals surface area contributed by atoms with Gasteiger partial charge in [-0.05, 0) is 24.3 Å². The maximum Gasteiger partial charge on any atom is 0.164 e. The van der Waals surface area contributed by atoms with Crippen molar-refractivity contribution in [3.05, 3.63) is 35.4 Å². The summed E-state index contributed by atoms with van der Waals surface area (Å²) < 4.78 is 31.9. The number of ether oxygens (including phenoxy) is 1. The van der Waals surface area contributed by atoms with Gasteiger partial charge in [-0.15, -0.1) is 0 Å². The van der Waals surface area contributed by atoms with E-state index in [9.17, 15) is 13.9 Å². The average molecular weight is 242 g/mol. The van der Waals surface area contributed by atoms with Gasteiger partial charge >= 0.3 is 0 Å². The third-order valence-corrected chi connectivity index (χ3v) is 3.41. The van der Waals surface area contributed by atoms with E-state index in [0.29, 0.717) is 19.6 Å². The van der Waals surface area contributed by atoms with Gasteiger partial charge in [0.2, 0.25) is 0 Å². The zero-order valence-corrected chi connectivity index (χ0v) is 9.70. The maximum atomic E-state index is 13.6. The molecule has 0 amide bonds. The summed E-state index contributed by atoms with van der Waals surface area (Å²) in [5, 5.41) is 10.2. The summed E-state index contributed by atoms with van der Waals surface area (Å²) in [5.74, 6) is -1.80. The first-order valence-electron chi connectivity index (χ1n) is 5.81. The largest absolute Gasteiger partial charge is 0.388 e. The Morgan fingerprint density at radius 1 is 1.41 bits per heavy atom. The molecule has 1 aliphatic heterocycles. The molecule has 1 aromatic carbocycles. The van der Waals surface area contributed by atoms with Crippen molar-refractivity contribution in [2.24, 2.45) is 11.8 Å². The van der Waals surface area contributed by atoms with Crippen LogP contribution < -0.4 is 0 Å². The second kappa shape index (κ2) is 5.10. The minimum absolute atomic E-state index is 0.0451. The molecule has 1 fully saturated rings. The van der Waals surface area contributed by atoms with E-state index in [1.807, 2.05) is 6.92 Å². The lowest BCUT2D eigenvalue weighted by molar-refractivity contribution is -0.0321. The molecule has 4 heteroatoms. The molecule has 2 rings (SSSR count). The summed E-state index contributed by atoms with van der Waals surface area (Å²) in [4.78, 5) is 0. The van der Waals surface area contributed by atoms with Crippen LogP contribution in [0.3, 0.4) is 0 Å². The smallest absolute Gasteiger partial charge is 0.164 e. The highest BCUT2D eigenvalue weighted by Crippen LogP contribution is 2.34. The van der Waals surface area contributed by atoms with Crippen molar-refractivity contribution in [2.75, 3.05) is 13.2 Å². The zero-order chi connectivity index (χ0) is 12.4. The summed E-state index contributed by atoms with van der Waals surface area (Å²) in [6.07, 6.45) is -0.303. The van der Waals surface area contributed by atoms with E-state index < -0.39 is 17.7 Å². The van der Waals surface area contributed by atoms with E-state index in [1.165, 1.54) is 12.1 Å². The van der Waals surface area contributed by atoms with Crippen molar-refractivity contribution in [2.45, 2.75) is 19.4 Å². The van der Waals surface area contributed by atoms with Crippen LogP contribution in [0.5, 0.6) is 0 Å². The van der Waals surface area contributed by atoms with Crippen LogP contribution in [0.15, 0.2) is 18.2 Å². The Morgan fingerprint density at radius 2 is 2.18 bits per heavy atom. The molecule has 3 atom stereocenters. The first kappa shape index (κ1) is 12.5. The van der Waals surface area contributed by atoms with Crippen molar-refractivity contribution in [3.63, 3.8) is 0 Å². The van der Waals surface area contributed by atoms with E-state index in [2.05, 4.69) is 0 Å². The number of aliphatic hydroxyl groups excluding tert-OH is 1. The molecule has 0 radical (unpaired) electrons. The van der Waals surface area contributed by atoms with Crippen molar-refractivity contribution >= 4 is 0 Å². The molecule has 0 spiro atoms. The van der Waals surface area contributed by atoms with E-state index in [0.717, 1.165) is 6.07 Å². The minimum Gasteiger partial charge on any atom is -0.388 e. The summed E-state index contributed by atoms with van der Waals surface area (Å²) >= 11 is 0. The van der Waals surface area contributed by atoms with Gasteiger partial charge in [-0.25, -0.2) is 8.78 Å². The highest BCUT2D eigenvalue weighted by molar-refractivity contribution is 5.22. The lowest BCUT2D eigenvalue weighted by atomic mass is 9.82. The topological polar surface area (TPSA) is 29.5 Å². The Balaban J connectivity index is 2.23. The molecular weight excluding hydrogens is 226 g/mol. The summed E-state index contributed by atoms with van der Waals surface area (Å²) in [5.41, 5.74) is 0.0451. The molecule has 2 nitrogen and oxygen atoms in total. The Bertz CT molecular complexity index is 395. The standard InChI is InChI=1S/C13H16F2O2/c1-8-7-17-6-5-9(8)13(16)10-3-2-4-11(14)12(10)15/h2-4,8-9,13,16H,5-7H2,1H3. The van der Waals surface area contributed by atoms with Gasteiger partial charge < -0.3 is 9.84 Å². The van der Waals surface area contributed by atoms with Crippen LogP contribution in [0.1, 0.15) is 25.0 Å². The summed E-state index contributed by atoms with van der Waals surface area (Å²) in [6.45, 7) is 3.06. The zero-order valence-electron chi connectivity index (χ0n) is 9.70. The molecule has 1 aromatic rings. The Hall–Kier alpha value is -1.00. The fourth-order valence-electron chi connectivity index (χ4n) is 2.35. The highest BCUT2D eigenvalue weighted by atomic mass is 19.2. The van der Waals surface area contributed by atoms with Crippen molar-refractivity contribution in [3.8, 4) is 0 Å². The quantitative estimate of drug-likeness (QED) is 0.864. The Labute approximate surface area is 99.2 Å². The molecule has 1 N–H and O–H groups in total. The Morgan fingerprint density at radius 3 is 2.88 bits per heavy atom. The lowest BCUT2D eigenvalue weighted by Gasteiger charge is -2.32. The SMILES string of the molecule is CC1COCCC1C(O)c1cccc(F)c1F. The second-order valence-corrected chi connectivity index (χ2v) is 4.59. The molecule has 0 aliphatic carbocycles. The van der Waals surface area contributed by atoms with Crippen LogP contribution in [0.2, 0.25) is 0 Å². The van der Waals surface area contributed by atoms with Gasteiger partial charge in [0, 0.05) is 18.8 Å². The predicted molar refractivity (Wildman–Crippen MR) is 59.4 cm³/mol. The van der Waals surface area contributed by atoms with Gasteiger partial charge in [0.25, 0.3) is 0 Å². The molecule has 3 unspecified atom stereocenters. The molecule has 94 valence electrons. The van der Waals surface area contributed by atoms with E-state index in [-0.39, 0.29) is 17.4 Å². The predicted octanol–water partition coefficient (Wildman–Crippen LogP) is 2.67. The van der Waals surface area contributed by atoms with Gasteiger partial charge in [-0.1, -0.05) is 19.1 Å². The molecule has 17 heavy (non-hydrogen) atoms. The van der Waals surface area contributed by atoms with Crippen molar-refractivity contribution in [1.29, 1.82) is 0 Å². The molecule has 0 saturated carbocycles. The van der Waals surface area contributed by atoms with Gasteiger partial charge in [-0.2, -0.15) is 0 Å². The van der Waals surface area contributed by atoms with Crippen LogP contribution in [-0.4, -0.2) is 18.3 Å². The summed E-state index contributed by atoms with van der Waals surface area (Å²) in [6, 6.07) is 3.91. The average Bonchev–Trinajstić information content (AvgIpc) is 2.32. The Kier molecular flexibility index (Phi) is 3.74. The van der Waals surface area contributed by atoms with Crippen LogP contribution in [-0.2, 0) is 4.74 Å². The van der Waals surface area contributed by atoms with Crippen molar-refractivity contribution in [1.82, 2.24) is 0 Å². The van der Waals surface area contributed by atoms with Gasteiger partial charge in [0.05, 0.1) is 6.10 Å². The van der Waals surface area contributed by atoms with E-state index >= 15 is 0 Å². The number of benzene rings is 1. The number of hydrogen-bond acceptors (Lipinski definition) is 2. The monoisotopic (exact) mass is 242 g/mol. The van der Waals surface area contributed by atoms with Crippen molar-refractivity contribution < 1.29 is 18.6 Å². The number of hydrogen-bond donors (Lipinski definition) is 1. The third-order valence-electron chi connectivity index (χ3n) is 3.41. The van der Waals surface area contributed by atoms with Gasteiger partial charge in [0.15, 0.2) is 11.6 Å². The normalized spacial score (nSPS) is 26.8. The molecule has 1 saturated heterocycles. The maximum absolute atomic E-state index is 13.6. The van der Waals surface area contributed by atoms with Gasteiger partial charge in [-0.3, -0.25) is 0 Å². The molecule has 1 heterocycles. The third kappa shape index (κ3) is 2.48. The number of halogens is 2. The number of rotatable bonds is 2. The number of aliphatic hydroxyl groups is 1. The molecule has 1 aliphatic rings. The minimum atomic E-state index is -0.968. The second-order valence-electron chi connectivity index (χ2n) is 4.59. The first-order valence-corrected chi connectivity index (χ1v) is 5.81. The lowest BCUT2D eigenvalue weighted by Crippen LogP contribution is -2.30. The fourth-order valence-corrected chi connectivity index (χ4v) is 2.35. The van der Waals surface area contributed by atoms with E-state index in [4.69, 9.17) is 4.74 Å². The van der Waals surface area contributed by atoms with Crippen LogP contribution in [0.4, 0.5) is 8.78 Å². The van der Waals surface area contributed by atoms with Crippen LogP contribution in [0, 0.1) is 23.5 Å². The molecule has 0 bridgehead atoms. The van der Waals surface area contributed by atoms with Gasteiger partial charge in [0.1, 0.15) is 0 Å². The molecular formula is C13H16F2O2. The fraction of sp³-hybridized carbons (Fsp3) is 0.538. The molecule has 0 aromatic heterocycles. The van der Waals surface area contributed by atoms with Crippen LogP contribution >= 0.6 is 0 Å². The summed E-state index contributed by atoms with van der Waals surface area (Å²) in [7, 11) is 0. The van der Waals surface area contributed by atoms with E-state index in [1.54, 1.807) is 0 Å². The highest BCUT2D eigenvalue weighted by Gasteiger charge is 2.31.